The highest BCUT2D eigenvalue weighted by molar-refractivity contribution is 5.27. The fourth-order valence-corrected chi connectivity index (χ4v) is 2.05. The van der Waals surface area contributed by atoms with E-state index < -0.39 is 0 Å². The Morgan fingerprint density at radius 1 is 1.06 bits per heavy atom. The molecule has 0 fully saturated rings. The first-order chi connectivity index (χ1) is 7.66. The smallest absolute Gasteiger partial charge is 0.0625 e. The molecule has 0 aliphatic rings. The molecule has 1 aromatic carbocycles. The highest BCUT2D eigenvalue weighted by Gasteiger charge is 2.04. The maximum atomic E-state index is 4.36. The number of aromatic nitrogens is 2. The SMILES string of the molecule is Cc1ccccc1CCc1cn(C)nc1C. The summed E-state index contributed by atoms with van der Waals surface area (Å²) in [5.41, 5.74) is 5.32. The van der Waals surface area contributed by atoms with Gasteiger partial charge in [0.25, 0.3) is 0 Å². The summed E-state index contributed by atoms with van der Waals surface area (Å²) in [7, 11) is 1.98. The summed E-state index contributed by atoms with van der Waals surface area (Å²) in [4.78, 5) is 0. The average Bonchev–Trinajstić information content (AvgIpc) is 2.56. The first-order valence-corrected chi connectivity index (χ1v) is 5.70. The van der Waals surface area contributed by atoms with Gasteiger partial charge in [0.05, 0.1) is 5.69 Å². The molecule has 1 aromatic heterocycles. The van der Waals surface area contributed by atoms with Crippen molar-refractivity contribution in [3.8, 4) is 0 Å². The van der Waals surface area contributed by atoms with Gasteiger partial charge in [-0.25, -0.2) is 0 Å². The van der Waals surface area contributed by atoms with Gasteiger partial charge in [0, 0.05) is 13.2 Å². The summed E-state index contributed by atoms with van der Waals surface area (Å²) in [6, 6.07) is 8.58. The van der Waals surface area contributed by atoms with E-state index in [-0.39, 0.29) is 0 Å². The molecule has 0 saturated carbocycles. The molecular weight excluding hydrogens is 196 g/mol. The van der Waals surface area contributed by atoms with E-state index in [1.165, 1.54) is 16.7 Å². The van der Waals surface area contributed by atoms with Crippen molar-refractivity contribution in [2.45, 2.75) is 26.7 Å². The average molecular weight is 214 g/mol. The summed E-state index contributed by atoms with van der Waals surface area (Å²) in [6.45, 7) is 4.25. The van der Waals surface area contributed by atoms with E-state index in [1.807, 2.05) is 11.7 Å². The van der Waals surface area contributed by atoms with E-state index in [0.29, 0.717) is 0 Å². The maximum Gasteiger partial charge on any atom is 0.0625 e. The number of hydrogen-bond donors (Lipinski definition) is 0. The largest absolute Gasteiger partial charge is 0.275 e. The lowest BCUT2D eigenvalue weighted by atomic mass is 10.0. The van der Waals surface area contributed by atoms with Crippen LogP contribution in [0.4, 0.5) is 0 Å². The minimum absolute atomic E-state index is 1.07. The van der Waals surface area contributed by atoms with Crippen LogP contribution in [0.1, 0.15) is 22.4 Å². The van der Waals surface area contributed by atoms with Crippen LogP contribution in [0, 0.1) is 13.8 Å². The molecule has 0 radical (unpaired) electrons. The van der Waals surface area contributed by atoms with Crippen LogP contribution in [-0.2, 0) is 19.9 Å². The van der Waals surface area contributed by atoms with E-state index in [9.17, 15) is 0 Å². The van der Waals surface area contributed by atoms with E-state index in [0.717, 1.165) is 18.5 Å². The first-order valence-electron chi connectivity index (χ1n) is 5.70. The van der Waals surface area contributed by atoms with Gasteiger partial charge >= 0.3 is 0 Å². The number of hydrogen-bond acceptors (Lipinski definition) is 1. The van der Waals surface area contributed by atoms with Gasteiger partial charge in [-0.1, -0.05) is 24.3 Å². The summed E-state index contributed by atoms with van der Waals surface area (Å²) in [5.74, 6) is 0. The van der Waals surface area contributed by atoms with Crippen molar-refractivity contribution in [2.75, 3.05) is 0 Å². The highest BCUT2D eigenvalue weighted by Crippen LogP contribution is 2.13. The standard InChI is InChI=1S/C14H18N2/c1-11-6-4-5-7-13(11)8-9-14-10-16(3)15-12(14)2/h4-7,10H,8-9H2,1-3H3. The van der Waals surface area contributed by atoms with E-state index in [1.54, 1.807) is 0 Å². The molecule has 1 heterocycles. The highest BCUT2D eigenvalue weighted by atomic mass is 15.2. The molecule has 0 aliphatic carbocycles. The van der Waals surface area contributed by atoms with Crippen molar-refractivity contribution >= 4 is 0 Å². The molecule has 84 valence electrons. The molecule has 0 spiro atoms. The molecule has 0 N–H and O–H groups in total. The minimum Gasteiger partial charge on any atom is -0.275 e. The predicted octanol–water partition coefficient (Wildman–Crippen LogP) is 2.82. The summed E-state index contributed by atoms with van der Waals surface area (Å²) in [5, 5.41) is 4.36. The summed E-state index contributed by atoms with van der Waals surface area (Å²) >= 11 is 0. The Bertz CT molecular complexity index is 483. The maximum absolute atomic E-state index is 4.36. The Morgan fingerprint density at radius 3 is 2.38 bits per heavy atom. The van der Waals surface area contributed by atoms with E-state index in [2.05, 4.69) is 49.4 Å². The number of aryl methyl sites for hydroxylation is 5. The quantitative estimate of drug-likeness (QED) is 0.768. The van der Waals surface area contributed by atoms with Gasteiger partial charge in [-0.05, 0) is 43.4 Å². The fourth-order valence-electron chi connectivity index (χ4n) is 2.05. The van der Waals surface area contributed by atoms with Crippen LogP contribution in [0.25, 0.3) is 0 Å². The number of rotatable bonds is 3. The van der Waals surface area contributed by atoms with Crippen molar-refractivity contribution in [1.82, 2.24) is 9.78 Å². The third kappa shape index (κ3) is 2.32. The molecule has 0 aliphatic heterocycles. The second kappa shape index (κ2) is 4.52. The Hall–Kier alpha value is -1.57. The lowest BCUT2D eigenvalue weighted by Crippen LogP contribution is -1.94. The monoisotopic (exact) mass is 214 g/mol. The summed E-state index contributed by atoms with van der Waals surface area (Å²) in [6.07, 6.45) is 4.29. The van der Waals surface area contributed by atoms with Crippen LogP contribution < -0.4 is 0 Å². The van der Waals surface area contributed by atoms with Gasteiger partial charge in [-0.3, -0.25) is 4.68 Å². The van der Waals surface area contributed by atoms with Gasteiger partial charge in [-0.15, -0.1) is 0 Å². The van der Waals surface area contributed by atoms with Crippen molar-refractivity contribution < 1.29 is 0 Å². The topological polar surface area (TPSA) is 17.8 Å². The van der Waals surface area contributed by atoms with Gasteiger partial charge in [0.15, 0.2) is 0 Å². The molecule has 16 heavy (non-hydrogen) atoms. The van der Waals surface area contributed by atoms with Gasteiger partial charge in [-0.2, -0.15) is 5.10 Å². The van der Waals surface area contributed by atoms with Gasteiger partial charge in [0.1, 0.15) is 0 Å². The molecule has 2 heteroatoms. The van der Waals surface area contributed by atoms with E-state index in [4.69, 9.17) is 0 Å². The van der Waals surface area contributed by atoms with Crippen molar-refractivity contribution in [1.29, 1.82) is 0 Å². The predicted molar refractivity (Wildman–Crippen MR) is 66.5 cm³/mol. The Labute approximate surface area is 96.9 Å². The lowest BCUT2D eigenvalue weighted by Gasteiger charge is -2.04. The molecular formula is C14H18N2. The third-order valence-electron chi connectivity index (χ3n) is 3.04. The Balaban J connectivity index is 2.08. The third-order valence-corrected chi connectivity index (χ3v) is 3.04. The van der Waals surface area contributed by atoms with E-state index >= 15 is 0 Å². The van der Waals surface area contributed by atoms with Crippen LogP contribution in [0.2, 0.25) is 0 Å². The molecule has 2 rings (SSSR count). The number of benzene rings is 1. The van der Waals surface area contributed by atoms with Gasteiger partial charge in [0.2, 0.25) is 0 Å². The zero-order valence-electron chi connectivity index (χ0n) is 10.2. The summed E-state index contributed by atoms with van der Waals surface area (Å²) < 4.78 is 1.89. The van der Waals surface area contributed by atoms with Gasteiger partial charge < -0.3 is 0 Å². The normalized spacial score (nSPS) is 10.7. The van der Waals surface area contributed by atoms with Crippen LogP contribution in [0.3, 0.4) is 0 Å². The molecule has 0 amide bonds. The Morgan fingerprint density at radius 2 is 1.75 bits per heavy atom. The zero-order valence-corrected chi connectivity index (χ0v) is 10.2. The van der Waals surface area contributed by atoms with Crippen molar-refractivity contribution in [3.05, 3.63) is 52.8 Å². The van der Waals surface area contributed by atoms with Crippen molar-refractivity contribution in [3.63, 3.8) is 0 Å². The molecule has 2 nitrogen and oxygen atoms in total. The first kappa shape index (κ1) is 10.9. The molecule has 0 bridgehead atoms. The minimum atomic E-state index is 1.07. The van der Waals surface area contributed by atoms with Crippen LogP contribution >= 0.6 is 0 Å². The van der Waals surface area contributed by atoms with Crippen LogP contribution in [0.15, 0.2) is 30.5 Å². The second-order valence-corrected chi connectivity index (χ2v) is 4.34. The number of nitrogens with zero attached hydrogens (tertiary/aromatic N) is 2. The Kier molecular flexibility index (Phi) is 3.09. The molecule has 0 saturated heterocycles. The second-order valence-electron chi connectivity index (χ2n) is 4.34. The zero-order chi connectivity index (χ0) is 11.5. The lowest BCUT2D eigenvalue weighted by molar-refractivity contribution is 0.756. The molecule has 2 aromatic rings. The molecule has 0 atom stereocenters. The molecule has 0 unspecified atom stereocenters. The van der Waals surface area contributed by atoms with Crippen LogP contribution in [-0.4, -0.2) is 9.78 Å². The van der Waals surface area contributed by atoms with Crippen molar-refractivity contribution in [2.24, 2.45) is 7.05 Å². The fraction of sp³-hybridized carbons (Fsp3) is 0.357. The van der Waals surface area contributed by atoms with Crippen LogP contribution in [0.5, 0.6) is 0 Å².